The van der Waals surface area contributed by atoms with Crippen LogP contribution in [-0.4, -0.2) is 78.0 Å². The maximum absolute atomic E-state index is 12.4. The summed E-state index contributed by atoms with van der Waals surface area (Å²) < 4.78 is 31.2. The minimum atomic E-state index is -1.28. The van der Waals surface area contributed by atoms with E-state index in [1.807, 2.05) is 13.8 Å². The molecule has 0 aromatic heterocycles. The van der Waals surface area contributed by atoms with E-state index in [2.05, 4.69) is 6.58 Å². The number of rotatable bonds is 17. The van der Waals surface area contributed by atoms with Gasteiger partial charge in [-0.05, 0) is 20.3 Å². The highest BCUT2D eigenvalue weighted by molar-refractivity contribution is 6.04. The van der Waals surface area contributed by atoms with Crippen LogP contribution in [0.3, 0.4) is 0 Å². The van der Waals surface area contributed by atoms with Crippen LogP contribution in [0.2, 0.25) is 0 Å². The van der Waals surface area contributed by atoms with Gasteiger partial charge in [-0.1, -0.05) is 6.08 Å². The van der Waals surface area contributed by atoms with Crippen molar-refractivity contribution in [1.82, 2.24) is 0 Å². The topological polar surface area (TPSA) is 89.5 Å². The molecule has 0 spiro atoms. The highest BCUT2D eigenvalue weighted by Crippen LogP contribution is 2.55. The average molecular weight is 388 g/mol. The summed E-state index contributed by atoms with van der Waals surface area (Å²) >= 11 is 0. The zero-order valence-electron chi connectivity index (χ0n) is 16.4. The van der Waals surface area contributed by atoms with Crippen LogP contribution in [0.25, 0.3) is 0 Å². The third-order valence-corrected chi connectivity index (χ3v) is 4.10. The van der Waals surface area contributed by atoms with Gasteiger partial charge in [0.05, 0.1) is 39.6 Å². The van der Waals surface area contributed by atoms with Gasteiger partial charge in [0.1, 0.15) is 13.2 Å². The van der Waals surface area contributed by atoms with E-state index in [-0.39, 0.29) is 32.3 Å². The molecule has 1 saturated carbocycles. The smallest absolute Gasteiger partial charge is 0.324 e. The molecule has 156 valence electrons. The van der Waals surface area contributed by atoms with Gasteiger partial charge in [-0.2, -0.15) is 0 Å². The first kappa shape index (κ1) is 23.6. The Labute approximate surface area is 161 Å². The van der Waals surface area contributed by atoms with Crippen molar-refractivity contribution < 1.29 is 38.0 Å². The Kier molecular flexibility index (Phi) is 11.9. The molecule has 0 bridgehead atoms. The number of carbonyl (C=O) groups is 2. The van der Waals surface area contributed by atoms with Gasteiger partial charge < -0.3 is 28.4 Å². The summed E-state index contributed by atoms with van der Waals surface area (Å²) in [6.45, 7) is 11.2. The third kappa shape index (κ3) is 7.96. The molecule has 0 aliphatic heterocycles. The lowest BCUT2D eigenvalue weighted by Gasteiger charge is -2.15. The molecule has 0 N–H and O–H groups in total. The minimum Gasteiger partial charge on any atom is -0.462 e. The van der Waals surface area contributed by atoms with Gasteiger partial charge in [0.2, 0.25) is 0 Å². The van der Waals surface area contributed by atoms with E-state index in [9.17, 15) is 9.59 Å². The van der Waals surface area contributed by atoms with Crippen LogP contribution in [0.1, 0.15) is 20.3 Å². The SMILES string of the molecule is C=CC1CC1(C(=O)OCCOCCOCC)C(=O)OCCOCCOCC. The van der Waals surface area contributed by atoms with Gasteiger partial charge in [0, 0.05) is 19.1 Å². The molecule has 0 aromatic rings. The van der Waals surface area contributed by atoms with Gasteiger partial charge in [-0.15, -0.1) is 6.58 Å². The molecule has 1 unspecified atom stereocenters. The second-order valence-electron chi connectivity index (χ2n) is 5.91. The molecule has 1 fully saturated rings. The molecule has 8 nitrogen and oxygen atoms in total. The Morgan fingerprint density at radius 2 is 1.22 bits per heavy atom. The average Bonchev–Trinajstić information content (AvgIpc) is 3.42. The molecular formula is C19H32O8. The van der Waals surface area contributed by atoms with Gasteiger partial charge in [0.25, 0.3) is 0 Å². The molecule has 0 saturated heterocycles. The molecule has 1 aliphatic rings. The van der Waals surface area contributed by atoms with Gasteiger partial charge in [-0.25, -0.2) is 0 Å². The van der Waals surface area contributed by atoms with Crippen LogP contribution < -0.4 is 0 Å². The molecule has 27 heavy (non-hydrogen) atoms. The Bertz CT molecular complexity index is 421. The molecular weight excluding hydrogens is 356 g/mol. The van der Waals surface area contributed by atoms with Crippen molar-refractivity contribution in [2.75, 3.05) is 66.1 Å². The zero-order valence-corrected chi connectivity index (χ0v) is 16.4. The lowest BCUT2D eigenvalue weighted by molar-refractivity contribution is -0.167. The first-order valence-corrected chi connectivity index (χ1v) is 9.41. The van der Waals surface area contributed by atoms with Crippen LogP contribution in [0, 0.1) is 11.3 Å². The maximum Gasteiger partial charge on any atom is 0.324 e. The summed E-state index contributed by atoms with van der Waals surface area (Å²) in [5.41, 5.74) is -1.28. The van der Waals surface area contributed by atoms with E-state index >= 15 is 0 Å². The first-order valence-electron chi connectivity index (χ1n) is 9.41. The number of allylic oxidation sites excluding steroid dienone is 1. The van der Waals surface area contributed by atoms with E-state index in [1.54, 1.807) is 6.08 Å². The fourth-order valence-electron chi connectivity index (χ4n) is 2.50. The van der Waals surface area contributed by atoms with Crippen LogP contribution in [-0.2, 0) is 38.0 Å². The second-order valence-corrected chi connectivity index (χ2v) is 5.91. The quantitative estimate of drug-likeness (QED) is 0.160. The monoisotopic (exact) mass is 388 g/mol. The van der Waals surface area contributed by atoms with Crippen molar-refractivity contribution in [3.63, 3.8) is 0 Å². The molecule has 0 heterocycles. The molecule has 1 rings (SSSR count). The van der Waals surface area contributed by atoms with Crippen molar-refractivity contribution in [2.24, 2.45) is 11.3 Å². The van der Waals surface area contributed by atoms with Crippen molar-refractivity contribution in [1.29, 1.82) is 0 Å². The van der Waals surface area contributed by atoms with Gasteiger partial charge >= 0.3 is 11.9 Å². The Morgan fingerprint density at radius 3 is 1.59 bits per heavy atom. The lowest BCUT2D eigenvalue weighted by atomic mass is 10.0. The Hall–Kier alpha value is -1.48. The molecule has 1 atom stereocenters. The van der Waals surface area contributed by atoms with Crippen LogP contribution in [0.5, 0.6) is 0 Å². The Balaban J connectivity index is 2.27. The highest BCUT2D eigenvalue weighted by atomic mass is 16.6. The summed E-state index contributed by atoms with van der Waals surface area (Å²) in [5.74, 6) is -1.46. The molecule has 1 aliphatic carbocycles. The predicted molar refractivity (Wildman–Crippen MR) is 97.3 cm³/mol. The van der Waals surface area contributed by atoms with E-state index in [1.165, 1.54) is 0 Å². The summed E-state index contributed by atoms with van der Waals surface area (Å²) in [6.07, 6.45) is 1.93. The lowest BCUT2D eigenvalue weighted by Crippen LogP contribution is -2.33. The van der Waals surface area contributed by atoms with E-state index < -0.39 is 17.4 Å². The third-order valence-electron chi connectivity index (χ3n) is 4.10. The minimum absolute atomic E-state index is 0.0738. The van der Waals surface area contributed by atoms with E-state index in [4.69, 9.17) is 28.4 Å². The normalized spacial score (nSPS) is 17.3. The first-order chi connectivity index (χ1) is 13.1. The van der Waals surface area contributed by atoms with Crippen LogP contribution in [0.4, 0.5) is 0 Å². The van der Waals surface area contributed by atoms with Crippen LogP contribution in [0.15, 0.2) is 12.7 Å². The number of hydrogen-bond donors (Lipinski definition) is 0. The second kappa shape index (κ2) is 13.7. The van der Waals surface area contributed by atoms with E-state index in [0.29, 0.717) is 46.1 Å². The number of ether oxygens (including phenoxy) is 6. The van der Waals surface area contributed by atoms with Crippen molar-refractivity contribution in [3.05, 3.63) is 12.7 Å². The zero-order chi connectivity index (χ0) is 20.0. The van der Waals surface area contributed by atoms with Gasteiger partial charge in [-0.3, -0.25) is 9.59 Å². The fourth-order valence-corrected chi connectivity index (χ4v) is 2.50. The summed E-state index contributed by atoms with van der Waals surface area (Å²) in [4.78, 5) is 24.8. The van der Waals surface area contributed by atoms with Crippen LogP contribution >= 0.6 is 0 Å². The number of hydrogen-bond acceptors (Lipinski definition) is 8. The molecule has 0 amide bonds. The van der Waals surface area contributed by atoms with Gasteiger partial charge in [0.15, 0.2) is 5.41 Å². The summed E-state index contributed by atoms with van der Waals surface area (Å²) in [6, 6.07) is 0. The van der Waals surface area contributed by atoms with E-state index in [0.717, 1.165) is 0 Å². The highest BCUT2D eigenvalue weighted by Gasteiger charge is 2.67. The van der Waals surface area contributed by atoms with Crippen molar-refractivity contribution in [3.8, 4) is 0 Å². The molecule has 0 radical (unpaired) electrons. The number of carbonyl (C=O) groups excluding carboxylic acids is 2. The maximum atomic E-state index is 12.4. The standard InChI is InChI=1S/C19H32O8/c1-4-16-15-19(16,17(20)26-13-11-24-9-7-22-5-2)18(21)27-14-12-25-10-8-23-6-3/h4,16H,1,5-15H2,2-3H3. The van der Waals surface area contributed by atoms with Crippen molar-refractivity contribution in [2.45, 2.75) is 20.3 Å². The van der Waals surface area contributed by atoms with Crippen molar-refractivity contribution >= 4 is 11.9 Å². The fraction of sp³-hybridized carbons (Fsp3) is 0.789. The summed E-state index contributed by atoms with van der Waals surface area (Å²) in [5, 5.41) is 0. The summed E-state index contributed by atoms with van der Waals surface area (Å²) in [7, 11) is 0. The molecule has 0 aromatic carbocycles. The predicted octanol–water partition coefficient (Wildman–Crippen LogP) is 1.37. The Morgan fingerprint density at radius 1 is 0.815 bits per heavy atom. The largest absolute Gasteiger partial charge is 0.462 e. The number of esters is 2. The molecule has 8 heteroatoms.